The first-order valence-electron chi connectivity index (χ1n) is 7.23. The van der Waals surface area contributed by atoms with Crippen LogP contribution in [0.15, 0.2) is 4.34 Å². The zero-order valence-electron chi connectivity index (χ0n) is 13.5. The van der Waals surface area contributed by atoms with E-state index in [0.717, 1.165) is 16.0 Å². The first-order chi connectivity index (χ1) is 10.5. The molecule has 0 atom stereocenters. The number of nitrogens with zero attached hydrogens (tertiary/aromatic N) is 4. The van der Waals surface area contributed by atoms with Crippen LogP contribution in [0.5, 0.6) is 0 Å². The summed E-state index contributed by atoms with van der Waals surface area (Å²) in [4.78, 5) is 27.2. The standard InChI is InChI=1S/C13H23N5O2S2/c1-5-14-12-15-16-13(22-12)21-9-11(20)17(4)8-10(19)18(6-2)7-3/h5-9H2,1-4H3,(H,14,15). The van der Waals surface area contributed by atoms with Crippen molar-refractivity contribution in [1.29, 1.82) is 0 Å². The summed E-state index contributed by atoms with van der Waals surface area (Å²) in [5.74, 6) is 0.130. The van der Waals surface area contributed by atoms with Crippen molar-refractivity contribution in [3.8, 4) is 0 Å². The van der Waals surface area contributed by atoms with Crippen molar-refractivity contribution in [3.63, 3.8) is 0 Å². The number of anilines is 1. The monoisotopic (exact) mass is 345 g/mol. The van der Waals surface area contributed by atoms with Gasteiger partial charge in [-0.05, 0) is 20.8 Å². The number of nitrogens with one attached hydrogen (secondary N) is 1. The van der Waals surface area contributed by atoms with Crippen LogP contribution >= 0.6 is 23.1 Å². The van der Waals surface area contributed by atoms with E-state index in [-0.39, 0.29) is 24.1 Å². The lowest BCUT2D eigenvalue weighted by Gasteiger charge is -2.23. The zero-order chi connectivity index (χ0) is 16.5. The number of thioether (sulfide) groups is 1. The van der Waals surface area contributed by atoms with E-state index < -0.39 is 0 Å². The minimum atomic E-state index is -0.0919. The molecule has 0 spiro atoms. The van der Waals surface area contributed by atoms with Crippen LogP contribution in [-0.2, 0) is 9.59 Å². The fourth-order valence-corrected chi connectivity index (χ4v) is 3.45. The van der Waals surface area contributed by atoms with Gasteiger partial charge in [-0.3, -0.25) is 9.59 Å². The molecular formula is C13H23N5O2S2. The van der Waals surface area contributed by atoms with Crippen LogP contribution in [-0.4, -0.2) is 70.8 Å². The Bertz CT molecular complexity index is 491. The fraction of sp³-hybridized carbons (Fsp3) is 0.692. The topological polar surface area (TPSA) is 78.4 Å². The molecule has 124 valence electrons. The Balaban J connectivity index is 2.41. The predicted molar refractivity (Wildman–Crippen MR) is 90.4 cm³/mol. The van der Waals surface area contributed by atoms with Gasteiger partial charge in [0.2, 0.25) is 16.9 Å². The van der Waals surface area contributed by atoms with Gasteiger partial charge in [-0.2, -0.15) is 0 Å². The second-order valence-corrected chi connectivity index (χ2v) is 6.71. The van der Waals surface area contributed by atoms with Crippen LogP contribution < -0.4 is 5.32 Å². The van der Waals surface area contributed by atoms with Gasteiger partial charge < -0.3 is 15.1 Å². The molecule has 1 aromatic heterocycles. The number of carbonyl (C=O) groups excluding carboxylic acids is 2. The first-order valence-corrected chi connectivity index (χ1v) is 9.03. The van der Waals surface area contributed by atoms with E-state index >= 15 is 0 Å². The maximum absolute atomic E-state index is 12.1. The molecule has 0 aliphatic carbocycles. The van der Waals surface area contributed by atoms with Crippen LogP contribution in [0.4, 0.5) is 5.13 Å². The molecule has 0 aliphatic rings. The maximum Gasteiger partial charge on any atom is 0.242 e. The molecule has 0 unspecified atom stereocenters. The van der Waals surface area contributed by atoms with Crippen LogP contribution in [0.3, 0.4) is 0 Å². The Hall–Kier alpha value is -1.35. The van der Waals surface area contributed by atoms with Gasteiger partial charge in [0, 0.05) is 26.7 Å². The van der Waals surface area contributed by atoms with Crippen LogP contribution in [0.1, 0.15) is 20.8 Å². The van der Waals surface area contributed by atoms with Crippen molar-refractivity contribution < 1.29 is 9.59 Å². The first kappa shape index (κ1) is 18.7. The average Bonchev–Trinajstić information content (AvgIpc) is 2.94. The molecule has 2 amide bonds. The van der Waals surface area contributed by atoms with E-state index in [1.54, 1.807) is 11.9 Å². The Morgan fingerprint density at radius 1 is 1.18 bits per heavy atom. The molecule has 0 saturated carbocycles. The second-order valence-electron chi connectivity index (χ2n) is 4.51. The van der Waals surface area contributed by atoms with Gasteiger partial charge >= 0.3 is 0 Å². The highest BCUT2D eigenvalue weighted by Crippen LogP contribution is 2.25. The lowest BCUT2D eigenvalue weighted by Crippen LogP contribution is -2.41. The summed E-state index contributed by atoms with van der Waals surface area (Å²) in [6.07, 6.45) is 0. The molecule has 7 nitrogen and oxygen atoms in total. The van der Waals surface area contributed by atoms with E-state index in [1.165, 1.54) is 28.0 Å². The second kappa shape index (κ2) is 9.62. The predicted octanol–water partition coefficient (Wildman–Crippen LogP) is 1.39. The molecule has 0 bridgehead atoms. The van der Waals surface area contributed by atoms with Crippen LogP contribution in [0.25, 0.3) is 0 Å². The smallest absolute Gasteiger partial charge is 0.242 e. The summed E-state index contributed by atoms with van der Waals surface area (Å²) in [6, 6.07) is 0. The van der Waals surface area contributed by atoms with Crippen LogP contribution in [0.2, 0.25) is 0 Å². The molecular weight excluding hydrogens is 322 g/mol. The van der Waals surface area contributed by atoms with Gasteiger partial charge in [-0.15, -0.1) is 10.2 Å². The van der Waals surface area contributed by atoms with E-state index in [1.807, 2.05) is 20.8 Å². The summed E-state index contributed by atoms with van der Waals surface area (Å²) in [6.45, 7) is 8.05. The number of rotatable bonds is 9. The van der Waals surface area contributed by atoms with E-state index in [2.05, 4.69) is 15.5 Å². The third-order valence-electron chi connectivity index (χ3n) is 2.97. The summed E-state index contributed by atoms with van der Waals surface area (Å²) in [7, 11) is 1.65. The number of carbonyl (C=O) groups is 2. The van der Waals surface area contributed by atoms with Crippen molar-refractivity contribution in [1.82, 2.24) is 20.0 Å². The van der Waals surface area contributed by atoms with Crippen molar-refractivity contribution in [3.05, 3.63) is 0 Å². The fourth-order valence-electron chi connectivity index (χ4n) is 1.69. The molecule has 0 aliphatic heterocycles. The summed E-state index contributed by atoms with van der Waals surface area (Å²) in [5.41, 5.74) is 0. The molecule has 1 rings (SSSR count). The van der Waals surface area contributed by atoms with E-state index in [9.17, 15) is 9.59 Å². The third-order valence-corrected chi connectivity index (χ3v) is 4.97. The average molecular weight is 345 g/mol. The molecule has 0 fully saturated rings. The van der Waals surface area contributed by atoms with Crippen LogP contribution in [0, 0.1) is 0 Å². The molecule has 0 radical (unpaired) electrons. The number of hydrogen-bond donors (Lipinski definition) is 1. The van der Waals surface area contributed by atoms with Gasteiger partial charge in [0.15, 0.2) is 4.34 Å². The highest BCUT2D eigenvalue weighted by atomic mass is 32.2. The summed E-state index contributed by atoms with van der Waals surface area (Å²) in [5, 5.41) is 11.8. The van der Waals surface area contributed by atoms with Gasteiger partial charge in [-0.1, -0.05) is 23.1 Å². The number of aromatic nitrogens is 2. The Morgan fingerprint density at radius 2 is 1.86 bits per heavy atom. The maximum atomic E-state index is 12.1. The minimum Gasteiger partial charge on any atom is -0.360 e. The number of amides is 2. The highest BCUT2D eigenvalue weighted by molar-refractivity contribution is 8.01. The molecule has 1 aromatic rings. The van der Waals surface area contributed by atoms with Crippen molar-refractivity contribution in [2.75, 3.05) is 44.3 Å². The van der Waals surface area contributed by atoms with Crippen molar-refractivity contribution >= 4 is 40.0 Å². The normalized spacial score (nSPS) is 10.4. The molecule has 22 heavy (non-hydrogen) atoms. The van der Waals surface area contributed by atoms with Crippen molar-refractivity contribution in [2.24, 2.45) is 0 Å². The molecule has 0 saturated heterocycles. The zero-order valence-corrected chi connectivity index (χ0v) is 15.1. The van der Waals surface area contributed by atoms with E-state index in [4.69, 9.17) is 0 Å². The molecule has 9 heteroatoms. The molecule has 0 aromatic carbocycles. The molecule has 1 heterocycles. The number of hydrogen-bond acceptors (Lipinski definition) is 7. The Morgan fingerprint density at radius 3 is 2.45 bits per heavy atom. The highest BCUT2D eigenvalue weighted by Gasteiger charge is 2.17. The lowest BCUT2D eigenvalue weighted by molar-refractivity contribution is -0.137. The van der Waals surface area contributed by atoms with Gasteiger partial charge in [0.05, 0.1) is 12.3 Å². The molecule has 1 N–H and O–H groups in total. The minimum absolute atomic E-state index is 0.0313. The van der Waals surface area contributed by atoms with Gasteiger partial charge in [-0.25, -0.2) is 0 Å². The lowest BCUT2D eigenvalue weighted by atomic mass is 10.4. The van der Waals surface area contributed by atoms with Gasteiger partial charge in [0.25, 0.3) is 0 Å². The number of likely N-dealkylation sites (N-methyl/N-ethyl adjacent to an activating group) is 2. The Labute approximate surface area is 139 Å². The largest absolute Gasteiger partial charge is 0.360 e. The third kappa shape index (κ3) is 5.80. The quantitative estimate of drug-likeness (QED) is 0.682. The summed E-state index contributed by atoms with van der Waals surface area (Å²) < 4.78 is 0.743. The van der Waals surface area contributed by atoms with Gasteiger partial charge in [0.1, 0.15) is 0 Å². The van der Waals surface area contributed by atoms with Crippen molar-refractivity contribution in [2.45, 2.75) is 25.1 Å². The SMILES string of the molecule is CCNc1nnc(SCC(=O)N(C)CC(=O)N(CC)CC)s1. The van der Waals surface area contributed by atoms with E-state index in [0.29, 0.717) is 13.1 Å². The Kier molecular flexibility index (Phi) is 8.18. The summed E-state index contributed by atoms with van der Waals surface area (Å²) >= 11 is 2.76.